The number of nitrogens with zero attached hydrogens (tertiary/aromatic N) is 1. The molecule has 0 saturated heterocycles. The summed E-state index contributed by atoms with van der Waals surface area (Å²) in [7, 11) is 0. The van der Waals surface area contributed by atoms with Crippen molar-refractivity contribution in [2.75, 3.05) is 6.54 Å². The van der Waals surface area contributed by atoms with Crippen molar-refractivity contribution < 1.29 is 0 Å². The van der Waals surface area contributed by atoms with Gasteiger partial charge >= 0.3 is 117 Å². The molecule has 18 heavy (non-hydrogen) atoms. The average molecular weight is 306 g/mol. The zero-order chi connectivity index (χ0) is 12.4. The van der Waals surface area contributed by atoms with Crippen molar-refractivity contribution in [2.24, 2.45) is 5.92 Å². The van der Waals surface area contributed by atoms with Crippen LogP contribution in [0, 0.1) is 5.92 Å². The molecule has 1 aliphatic heterocycles. The van der Waals surface area contributed by atoms with E-state index in [1.54, 1.807) is 0 Å². The summed E-state index contributed by atoms with van der Waals surface area (Å²) < 4.78 is 4.08. The molecular formula is C16H21NSe. The molecule has 0 unspecified atom stereocenters. The van der Waals surface area contributed by atoms with E-state index in [-0.39, 0.29) is 0 Å². The molecule has 96 valence electrons. The predicted octanol–water partition coefficient (Wildman–Crippen LogP) is 3.19. The van der Waals surface area contributed by atoms with Gasteiger partial charge in [0.1, 0.15) is 0 Å². The number of rotatable bonds is 2. The van der Waals surface area contributed by atoms with Crippen molar-refractivity contribution in [3.63, 3.8) is 0 Å². The monoisotopic (exact) mass is 307 g/mol. The molecule has 0 aromatic heterocycles. The summed E-state index contributed by atoms with van der Waals surface area (Å²) in [5.41, 5.74) is 2.67. The van der Waals surface area contributed by atoms with Crippen molar-refractivity contribution in [3.8, 4) is 0 Å². The van der Waals surface area contributed by atoms with Crippen molar-refractivity contribution >= 4 is 25.3 Å². The van der Waals surface area contributed by atoms with Gasteiger partial charge in [-0.3, -0.25) is 0 Å². The fraction of sp³-hybridized carbons (Fsp3) is 0.500. The quantitative estimate of drug-likeness (QED) is 0.599. The molecule has 0 atom stereocenters. The van der Waals surface area contributed by atoms with Crippen molar-refractivity contribution in [1.29, 1.82) is 0 Å². The van der Waals surface area contributed by atoms with Crippen LogP contribution in [-0.4, -0.2) is 25.6 Å². The van der Waals surface area contributed by atoms with Crippen molar-refractivity contribution in [2.45, 2.75) is 38.5 Å². The molecule has 3 rings (SSSR count). The molecule has 1 aliphatic carbocycles. The SMILES string of the molecule is C=C1c2ccccc2[Se]N1CC1CCCCCC1. The Morgan fingerprint density at radius 3 is 2.56 bits per heavy atom. The first-order chi connectivity index (χ1) is 8.84. The van der Waals surface area contributed by atoms with E-state index in [9.17, 15) is 0 Å². The number of benzene rings is 1. The Hall–Kier alpha value is -0.721. The van der Waals surface area contributed by atoms with Crippen LogP contribution in [-0.2, 0) is 0 Å². The van der Waals surface area contributed by atoms with E-state index in [0.29, 0.717) is 15.2 Å². The van der Waals surface area contributed by atoms with Gasteiger partial charge in [-0.15, -0.1) is 0 Å². The molecule has 2 aliphatic rings. The Bertz CT molecular complexity index is 432. The van der Waals surface area contributed by atoms with E-state index < -0.39 is 0 Å². The maximum absolute atomic E-state index is 4.31. The van der Waals surface area contributed by atoms with Crippen LogP contribution >= 0.6 is 0 Å². The summed E-state index contributed by atoms with van der Waals surface area (Å²) in [6.45, 7) is 5.55. The molecule has 0 bridgehead atoms. The third-order valence-corrected chi connectivity index (χ3v) is 6.50. The third-order valence-electron chi connectivity index (χ3n) is 4.11. The molecule has 1 saturated carbocycles. The van der Waals surface area contributed by atoms with Crippen LogP contribution in [0.3, 0.4) is 0 Å². The summed E-state index contributed by atoms with van der Waals surface area (Å²) in [4.78, 5) is 0. The van der Waals surface area contributed by atoms with Gasteiger partial charge in [-0.2, -0.15) is 0 Å². The first-order valence-corrected chi connectivity index (χ1v) is 8.70. The topological polar surface area (TPSA) is 3.24 Å². The van der Waals surface area contributed by atoms with Gasteiger partial charge in [-0.25, -0.2) is 0 Å². The summed E-state index contributed by atoms with van der Waals surface area (Å²) in [6, 6.07) is 8.79. The first kappa shape index (κ1) is 12.3. The molecule has 0 spiro atoms. The van der Waals surface area contributed by atoms with Crippen LogP contribution in [0.1, 0.15) is 44.1 Å². The molecule has 1 aromatic carbocycles. The van der Waals surface area contributed by atoms with Crippen LogP contribution in [0.4, 0.5) is 0 Å². The molecule has 0 N–H and O–H groups in total. The molecule has 0 radical (unpaired) electrons. The predicted molar refractivity (Wildman–Crippen MR) is 78.8 cm³/mol. The summed E-state index contributed by atoms with van der Waals surface area (Å²) in [5.74, 6) is 0.903. The molecule has 2 heteroatoms. The van der Waals surface area contributed by atoms with Gasteiger partial charge in [-0.1, -0.05) is 0 Å². The van der Waals surface area contributed by atoms with E-state index in [4.69, 9.17) is 0 Å². The standard InChI is InChI=1S/C16H21NSe/c1-13-15-10-6-7-11-16(15)18-17(13)12-14-8-4-2-3-5-9-14/h6-7,10-11,14H,1-5,8-9,12H2. The molecule has 0 amide bonds. The van der Waals surface area contributed by atoms with Crippen LogP contribution < -0.4 is 4.46 Å². The summed E-state index contributed by atoms with van der Waals surface area (Å²) in [6.07, 6.45) is 8.62. The van der Waals surface area contributed by atoms with Crippen molar-refractivity contribution in [1.82, 2.24) is 3.92 Å². The van der Waals surface area contributed by atoms with E-state index in [2.05, 4.69) is 34.8 Å². The van der Waals surface area contributed by atoms with E-state index in [1.165, 1.54) is 60.8 Å². The van der Waals surface area contributed by atoms with Gasteiger partial charge in [0.05, 0.1) is 0 Å². The molecule has 1 nitrogen and oxygen atoms in total. The Morgan fingerprint density at radius 2 is 1.83 bits per heavy atom. The maximum atomic E-state index is 4.31. The van der Waals surface area contributed by atoms with Gasteiger partial charge in [0.2, 0.25) is 0 Å². The zero-order valence-electron chi connectivity index (χ0n) is 10.9. The second-order valence-electron chi connectivity index (χ2n) is 5.45. The van der Waals surface area contributed by atoms with Crippen LogP contribution in [0.25, 0.3) is 5.70 Å². The van der Waals surface area contributed by atoms with Crippen LogP contribution in [0.5, 0.6) is 0 Å². The number of hydrogen-bond acceptors (Lipinski definition) is 1. The van der Waals surface area contributed by atoms with E-state index >= 15 is 0 Å². The second-order valence-corrected chi connectivity index (χ2v) is 7.68. The van der Waals surface area contributed by atoms with Gasteiger partial charge in [-0.05, 0) is 0 Å². The summed E-state index contributed by atoms with van der Waals surface area (Å²) in [5, 5.41) is 0. The molecule has 1 heterocycles. The van der Waals surface area contributed by atoms with Crippen LogP contribution in [0.2, 0.25) is 0 Å². The Kier molecular flexibility index (Phi) is 3.77. The summed E-state index contributed by atoms with van der Waals surface area (Å²) >= 11 is 0.472. The Labute approximate surface area is 117 Å². The van der Waals surface area contributed by atoms with E-state index in [0.717, 1.165) is 5.92 Å². The third kappa shape index (κ3) is 2.50. The zero-order valence-corrected chi connectivity index (χ0v) is 12.6. The second kappa shape index (κ2) is 5.50. The molecular weight excluding hydrogens is 285 g/mol. The fourth-order valence-electron chi connectivity index (χ4n) is 3.02. The average Bonchev–Trinajstić information content (AvgIpc) is 2.58. The minimum atomic E-state index is 0.472. The van der Waals surface area contributed by atoms with Gasteiger partial charge in [0.15, 0.2) is 0 Å². The van der Waals surface area contributed by atoms with Crippen molar-refractivity contribution in [3.05, 3.63) is 36.4 Å². The minimum absolute atomic E-state index is 0.472. The fourth-order valence-corrected chi connectivity index (χ4v) is 5.44. The molecule has 1 fully saturated rings. The van der Waals surface area contributed by atoms with Crippen LogP contribution in [0.15, 0.2) is 30.8 Å². The number of hydrogen-bond donors (Lipinski definition) is 0. The van der Waals surface area contributed by atoms with Gasteiger partial charge in [0.25, 0.3) is 0 Å². The first-order valence-electron chi connectivity index (χ1n) is 7.08. The number of fused-ring (bicyclic) bond motifs is 1. The van der Waals surface area contributed by atoms with Gasteiger partial charge < -0.3 is 0 Å². The normalized spacial score (nSPS) is 20.9. The molecule has 1 aromatic rings. The Morgan fingerprint density at radius 1 is 1.11 bits per heavy atom. The van der Waals surface area contributed by atoms with Gasteiger partial charge in [0, 0.05) is 0 Å². The Balaban J connectivity index is 1.67. The van der Waals surface area contributed by atoms with E-state index in [1.807, 2.05) is 0 Å².